The molecule has 2 aromatic carbocycles. The molecule has 0 amide bonds. The summed E-state index contributed by atoms with van der Waals surface area (Å²) in [5.41, 5.74) is 1.67. The number of allylic oxidation sites excluding steroid dienone is 2. The normalized spacial score (nSPS) is 12.1. The van der Waals surface area contributed by atoms with E-state index in [0.717, 1.165) is 11.1 Å². The van der Waals surface area contributed by atoms with Crippen LogP contribution in [0.5, 0.6) is 0 Å². The molecule has 0 heterocycles. The van der Waals surface area contributed by atoms with Gasteiger partial charge in [-0.2, -0.15) is 5.26 Å². The fourth-order valence-corrected chi connectivity index (χ4v) is 4.53. The van der Waals surface area contributed by atoms with Crippen LogP contribution in [0, 0.1) is 30.6 Å². The van der Waals surface area contributed by atoms with Gasteiger partial charge in [-0.1, -0.05) is 35.4 Å². The smallest absolute Gasteiger partial charge is 0.216 e. The van der Waals surface area contributed by atoms with Crippen molar-refractivity contribution >= 4 is 25.5 Å². The Morgan fingerprint density at radius 2 is 1.26 bits per heavy atom. The Labute approximate surface area is 158 Å². The van der Waals surface area contributed by atoms with Crippen LogP contribution in [0.15, 0.2) is 74.2 Å². The Bertz CT molecular complexity index is 1190. The van der Waals surface area contributed by atoms with Gasteiger partial charge in [0.05, 0.1) is 9.79 Å². The SMILES string of the molecule is Cc1ccc(S(=O)(=O)C(=C=N)C=C(C#N)S(=O)(=O)c2ccc(C)cc2)cc1. The van der Waals surface area contributed by atoms with Crippen molar-refractivity contribution in [3.8, 4) is 6.07 Å². The largest absolute Gasteiger partial charge is 0.258 e. The Hall–Kier alpha value is -2.98. The summed E-state index contributed by atoms with van der Waals surface area (Å²) < 4.78 is 50.6. The molecule has 2 aromatic rings. The van der Waals surface area contributed by atoms with E-state index in [9.17, 15) is 22.1 Å². The number of nitrogens with zero attached hydrogens (tertiary/aromatic N) is 1. The Kier molecular flexibility index (Phi) is 5.82. The number of hydrogen-bond donors (Lipinski definition) is 1. The highest BCUT2D eigenvalue weighted by Crippen LogP contribution is 2.24. The van der Waals surface area contributed by atoms with Gasteiger partial charge in [-0.3, -0.25) is 5.41 Å². The third-order valence-electron chi connectivity index (χ3n) is 3.74. The first-order chi connectivity index (χ1) is 12.6. The monoisotopic (exact) mass is 400 g/mol. The van der Waals surface area contributed by atoms with Crippen LogP contribution >= 0.6 is 0 Å². The minimum absolute atomic E-state index is 0.121. The molecule has 0 aliphatic heterocycles. The van der Waals surface area contributed by atoms with E-state index in [-0.39, 0.29) is 9.79 Å². The van der Waals surface area contributed by atoms with E-state index in [1.165, 1.54) is 30.3 Å². The van der Waals surface area contributed by atoms with Crippen molar-refractivity contribution in [1.29, 1.82) is 10.7 Å². The zero-order valence-electron chi connectivity index (χ0n) is 14.6. The van der Waals surface area contributed by atoms with Gasteiger partial charge in [-0.15, -0.1) is 0 Å². The van der Waals surface area contributed by atoms with Crippen LogP contribution in [0.3, 0.4) is 0 Å². The molecule has 0 atom stereocenters. The van der Waals surface area contributed by atoms with Crippen molar-refractivity contribution in [3.05, 3.63) is 75.5 Å². The number of aryl methyl sites for hydroxylation is 2. The molecule has 8 heteroatoms. The molecule has 0 unspecified atom stereocenters. The zero-order valence-corrected chi connectivity index (χ0v) is 16.2. The fraction of sp³-hybridized carbons (Fsp3) is 0.105. The molecule has 0 aliphatic carbocycles. The summed E-state index contributed by atoms with van der Waals surface area (Å²) in [6.07, 6.45) is 0.664. The second-order valence-corrected chi connectivity index (χ2v) is 9.58. The number of nitrogens with one attached hydrogen (secondary N) is 1. The Balaban J connectivity index is 2.58. The van der Waals surface area contributed by atoms with E-state index in [0.29, 0.717) is 6.08 Å². The molecule has 0 spiro atoms. The van der Waals surface area contributed by atoms with E-state index in [2.05, 4.69) is 0 Å². The topological polar surface area (TPSA) is 116 Å². The number of hydrogen-bond acceptors (Lipinski definition) is 6. The predicted molar refractivity (Wildman–Crippen MR) is 102 cm³/mol. The second kappa shape index (κ2) is 7.72. The van der Waals surface area contributed by atoms with Crippen LogP contribution in [0.4, 0.5) is 0 Å². The van der Waals surface area contributed by atoms with Crippen molar-refractivity contribution < 1.29 is 16.8 Å². The van der Waals surface area contributed by atoms with Gasteiger partial charge in [-0.25, -0.2) is 16.8 Å². The van der Waals surface area contributed by atoms with Gasteiger partial charge in [0, 0.05) is 0 Å². The molecule has 0 radical (unpaired) electrons. The zero-order chi connectivity index (χ0) is 20.2. The summed E-state index contributed by atoms with van der Waals surface area (Å²) in [5.74, 6) is 1.74. The first kappa shape index (κ1) is 20.3. The number of rotatable bonds is 5. The molecule has 2 rings (SSSR count). The minimum atomic E-state index is -4.23. The van der Waals surface area contributed by atoms with E-state index >= 15 is 0 Å². The van der Waals surface area contributed by atoms with Crippen molar-refractivity contribution in [2.75, 3.05) is 0 Å². The number of nitriles is 1. The van der Waals surface area contributed by atoms with E-state index in [1.54, 1.807) is 44.0 Å². The summed E-state index contributed by atoms with van der Waals surface area (Å²) in [4.78, 5) is -1.75. The van der Waals surface area contributed by atoms with Gasteiger partial charge in [0.1, 0.15) is 11.0 Å². The number of benzene rings is 2. The molecule has 27 heavy (non-hydrogen) atoms. The van der Waals surface area contributed by atoms with Gasteiger partial charge in [-0.05, 0) is 50.1 Å². The molecule has 0 saturated heterocycles. The van der Waals surface area contributed by atoms with Gasteiger partial charge >= 0.3 is 0 Å². The van der Waals surface area contributed by atoms with E-state index < -0.39 is 29.5 Å². The minimum Gasteiger partial charge on any atom is -0.258 e. The standard InChI is InChI=1S/C19H16N2O4S2/c1-14-3-7-16(8-4-14)26(22,23)18(12-20)11-19(13-21)27(24,25)17-9-5-15(2)6-10-17/h3-11,20H,1-2H3. The first-order valence-electron chi connectivity index (χ1n) is 7.68. The molecule has 138 valence electrons. The maximum atomic E-state index is 12.7. The van der Waals surface area contributed by atoms with Gasteiger partial charge in [0.15, 0.2) is 4.91 Å². The van der Waals surface area contributed by atoms with Crippen LogP contribution in [0.25, 0.3) is 0 Å². The lowest BCUT2D eigenvalue weighted by Gasteiger charge is -2.06. The Morgan fingerprint density at radius 3 is 1.63 bits per heavy atom. The molecule has 0 aliphatic rings. The van der Waals surface area contributed by atoms with Crippen LogP contribution in [-0.4, -0.2) is 22.7 Å². The highest BCUT2D eigenvalue weighted by molar-refractivity contribution is 7.96. The summed E-state index contributed by atoms with van der Waals surface area (Å²) in [6.45, 7) is 3.56. The van der Waals surface area contributed by atoms with E-state index in [1.807, 2.05) is 0 Å². The lowest BCUT2D eigenvalue weighted by Crippen LogP contribution is -2.08. The highest BCUT2D eigenvalue weighted by atomic mass is 32.2. The van der Waals surface area contributed by atoms with Crippen LogP contribution in [0.1, 0.15) is 11.1 Å². The third kappa shape index (κ3) is 4.23. The molecule has 1 N–H and O–H groups in total. The van der Waals surface area contributed by atoms with Crippen LogP contribution < -0.4 is 0 Å². The lowest BCUT2D eigenvalue weighted by molar-refractivity contribution is 0.602. The summed E-state index contributed by atoms with van der Waals surface area (Å²) in [5, 5.41) is 16.6. The first-order valence-corrected chi connectivity index (χ1v) is 10.6. The molecule has 0 aromatic heterocycles. The lowest BCUT2D eigenvalue weighted by atomic mass is 10.2. The summed E-state index contributed by atoms with van der Waals surface area (Å²) in [7, 11) is -8.43. The van der Waals surface area contributed by atoms with Crippen molar-refractivity contribution in [1.82, 2.24) is 0 Å². The Morgan fingerprint density at radius 1 is 0.852 bits per heavy atom. The van der Waals surface area contributed by atoms with Crippen LogP contribution in [0.2, 0.25) is 0 Å². The van der Waals surface area contributed by atoms with Gasteiger partial charge < -0.3 is 0 Å². The predicted octanol–water partition coefficient (Wildman–Crippen LogP) is 3.09. The average Bonchev–Trinajstić information content (AvgIpc) is 2.63. The van der Waals surface area contributed by atoms with Crippen molar-refractivity contribution in [3.63, 3.8) is 0 Å². The van der Waals surface area contributed by atoms with E-state index in [4.69, 9.17) is 5.41 Å². The molecule has 6 nitrogen and oxygen atoms in total. The molecule has 0 saturated carbocycles. The number of sulfone groups is 2. The van der Waals surface area contributed by atoms with Crippen LogP contribution in [-0.2, 0) is 19.7 Å². The quantitative estimate of drug-likeness (QED) is 0.470. The average molecular weight is 400 g/mol. The second-order valence-electron chi connectivity index (χ2n) is 5.74. The summed E-state index contributed by atoms with van der Waals surface area (Å²) in [6, 6.07) is 13.2. The molecule has 0 bridgehead atoms. The highest BCUT2D eigenvalue weighted by Gasteiger charge is 2.25. The summed E-state index contributed by atoms with van der Waals surface area (Å²) >= 11 is 0. The van der Waals surface area contributed by atoms with Crippen molar-refractivity contribution in [2.45, 2.75) is 23.6 Å². The molecule has 0 fully saturated rings. The third-order valence-corrected chi connectivity index (χ3v) is 7.11. The fourth-order valence-electron chi connectivity index (χ4n) is 2.16. The molecular weight excluding hydrogens is 384 g/mol. The maximum absolute atomic E-state index is 12.7. The van der Waals surface area contributed by atoms with Crippen molar-refractivity contribution in [2.24, 2.45) is 0 Å². The molecular formula is C19H16N2O4S2. The van der Waals surface area contributed by atoms with Gasteiger partial charge in [0.25, 0.3) is 0 Å². The van der Waals surface area contributed by atoms with Gasteiger partial charge in [0.2, 0.25) is 19.7 Å². The maximum Gasteiger partial charge on any atom is 0.216 e.